The third-order valence-corrected chi connectivity index (χ3v) is 8.38. The van der Waals surface area contributed by atoms with Crippen molar-refractivity contribution in [2.45, 2.75) is 12.4 Å². The topological polar surface area (TPSA) is 111 Å². The largest absolute Gasteiger partial charge is 0.481 e. The van der Waals surface area contributed by atoms with E-state index in [0.717, 1.165) is 22.4 Å². The fraction of sp³-hybridized carbons (Fsp3) is 0.214. The monoisotopic (exact) mass is 567 g/mol. The number of sulfonamides is 1. The van der Waals surface area contributed by atoms with Crippen molar-refractivity contribution in [2.75, 3.05) is 36.8 Å². The number of anilines is 2. The molecule has 4 aromatic rings. The fourth-order valence-corrected chi connectivity index (χ4v) is 6.00. The number of halogens is 2. The van der Waals surface area contributed by atoms with E-state index in [1.54, 1.807) is 24.3 Å². The number of hydrogen-bond acceptors (Lipinski definition) is 7. The Labute approximate surface area is 230 Å². The van der Waals surface area contributed by atoms with Gasteiger partial charge in [0.1, 0.15) is 23.9 Å². The van der Waals surface area contributed by atoms with Gasteiger partial charge in [-0.25, -0.2) is 17.2 Å². The van der Waals surface area contributed by atoms with E-state index >= 15 is 0 Å². The molecule has 1 aromatic heterocycles. The van der Waals surface area contributed by atoms with E-state index in [-0.39, 0.29) is 50.0 Å². The zero-order chi connectivity index (χ0) is 28.3. The van der Waals surface area contributed by atoms with Crippen molar-refractivity contribution in [1.29, 1.82) is 0 Å². The van der Waals surface area contributed by atoms with Gasteiger partial charge < -0.3 is 15.4 Å². The molecule has 1 aliphatic heterocycles. The lowest BCUT2D eigenvalue weighted by Gasteiger charge is -2.35. The van der Waals surface area contributed by atoms with Crippen LogP contribution < -0.4 is 20.9 Å². The molecular weight excluding hydrogens is 540 g/mol. The summed E-state index contributed by atoms with van der Waals surface area (Å²) in [5.74, 6) is -1.91. The highest BCUT2D eigenvalue weighted by atomic mass is 32.2. The minimum absolute atomic E-state index is 0.0540. The van der Waals surface area contributed by atoms with Crippen molar-refractivity contribution < 1.29 is 21.9 Å². The smallest absolute Gasteiger partial charge is 0.316 e. The lowest BCUT2D eigenvalue weighted by Crippen LogP contribution is -2.49. The number of ether oxygens (including phenoxy) is 1. The van der Waals surface area contributed by atoms with Crippen molar-refractivity contribution in [3.8, 4) is 11.4 Å². The summed E-state index contributed by atoms with van der Waals surface area (Å²) in [7, 11) is -3.59. The van der Waals surface area contributed by atoms with Gasteiger partial charge in [-0.3, -0.25) is 4.79 Å². The van der Waals surface area contributed by atoms with Crippen molar-refractivity contribution in [3.05, 3.63) is 112 Å². The van der Waals surface area contributed by atoms with Gasteiger partial charge in [0.05, 0.1) is 17.6 Å². The molecule has 2 N–H and O–H groups in total. The number of nitrogens with zero attached hydrogens (tertiary/aromatic N) is 4. The third kappa shape index (κ3) is 6.13. The fourth-order valence-electron chi connectivity index (χ4n) is 4.49. The Morgan fingerprint density at radius 1 is 0.875 bits per heavy atom. The van der Waals surface area contributed by atoms with Gasteiger partial charge in [-0.2, -0.15) is 14.1 Å². The maximum atomic E-state index is 13.9. The average molecular weight is 568 g/mol. The van der Waals surface area contributed by atoms with Crippen molar-refractivity contribution >= 4 is 21.4 Å². The highest BCUT2D eigenvalue weighted by Crippen LogP contribution is 2.27. The van der Waals surface area contributed by atoms with Gasteiger partial charge in [-0.05, 0) is 35.4 Å². The summed E-state index contributed by atoms with van der Waals surface area (Å²) in [5.41, 5.74) is 7.28. The molecule has 208 valence electrons. The summed E-state index contributed by atoms with van der Waals surface area (Å²) in [6.45, 7) is 1.01. The SMILES string of the molecule is Nc1ccc(CS(=O)(=O)N2CCN(c3cnn(-c4cc(F)cc(F)c4)c(=O)c3OCc3ccccc3)CC2)cc1. The Balaban J connectivity index is 1.40. The summed E-state index contributed by atoms with van der Waals surface area (Å²) >= 11 is 0. The van der Waals surface area contributed by atoms with E-state index in [1.807, 2.05) is 35.2 Å². The number of aromatic nitrogens is 2. The van der Waals surface area contributed by atoms with Gasteiger partial charge >= 0.3 is 5.56 Å². The van der Waals surface area contributed by atoms with E-state index in [2.05, 4.69) is 5.10 Å². The molecule has 2 heterocycles. The molecular formula is C28H27F2N5O4S. The van der Waals surface area contributed by atoms with Crippen LogP contribution in [0.2, 0.25) is 0 Å². The third-order valence-electron chi connectivity index (χ3n) is 6.53. The molecule has 12 heteroatoms. The van der Waals surface area contributed by atoms with Gasteiger partial charge in [0, 0.05) is 37.9 Å². The number of piperazine rings is 1. The molecule has 0 radical (unpaired) electrons. The van der Waals surface area contributed by atoms with Gasteiger partial charge in [-0.1, -0.05) is 42.5 Å². The van der Waals surface area contributed by atoms with Crippen LogP contribution in [-0.4, -0.2) is 48.7 Å². The summed E-state index contributed by atoms with van der Waals surface area (Å²) < 4.78 is 62.1. The second kappa shape index (κ2) is 11.4. The van der Waals surface area contributed by atoms with Crippen molar-refractivity contribution in [2.24, 2.45) is 0 Å². The Bertz CT molecular complexity index is 1640. The lowest BCUT2D eigenvalue weighted by atomic mass is 10.2. The van der Waals surface area contributed by atoms with Gasteiger partial charge in [-0.15, -0.1) is 0 Å². The highest BCUT2D eigenvalue weighted by Gasteiger charge is 2.29. The molecule has 0 unspecified atom stereocenters. The minimum atomic E-state index is -3.59. The maximum absolute atomic E-state index is 13.9. The molecule has 0 atom stereocenters. The first-order valence-corrected chi connectivity index (χ1v) is 14.1. The first kappa shape index (κ1) is 27.3. The zero-order valence-corrected chi connectivity index (χ0v) is 22.2. The lowest BCUT2D eigenvalue weighted by molar-refractivity contribution is 0.297. The number of nitrogen functional groups attached to an aromatic ring is 1. The standard InChI is InChI=1S/C28H27F2N5O4S/c29-22-14-23(30)16-25(15-22)35-28(36)27(39-18-20-4-2-1-3-5-20)26(17-32-35)33-10-12-34(13-11-33)40(37,38)19-21-6-8-24(31)9-7-21/h1-9,14-17H,10-13,18-19,31H2. The van der Waals surface area contributed by atoms with E-state index in [0.29, 0.717) is 23.0 Å². The number of benzene rings is 3. The van der Waals surface area contributed by atoms with E-state index in [1.165, 1.54) is 10.5 Å². The van der Waals surface area contributed by atoms with Crippen molar-refractivity contribution in [1.82, 2.24) is 14.1 Å². The zero-order valence-electron chi connectivity index (χ0n) is 21.4. The Morgan fingerprint density at radius 3 is 2.17 bits per heavy atom. The van der Waals surface area contributed by atoms with Gasteiger partial charge in [0.2, 0.25) is 15.8 Å². The van der Waals surface area contributed by atoms with Crippen LogP contribution in [0.3, 0.4) is 0 Å². The minimum Gasteiger partial charge on any atom is -0.481 e. The van der Waals surface area contributed by atoms with E-state index in [4.69, 9.17) is 10.5 Å². The average Bonchev–Trinajstić information content (AvgIpc) is 2.93. The molecule has 0 saturated carbocycles. The van der Waals surface area contributed by atoms with Crippen LogP contribution in [0.5, 0.6) is 5.75 Å². The number of rotatable bonds is 8. The normalized spacial score (nSPS) is 14.3. The van der Waals surface area contributed by atoms with Crippen LogP contribution in [-0.2, 0) is 22.4 Å². The quantitative estimate of drug-likeness (QED) is 0.325. The van der Waals surface area contributed by atoms with Crippen LogP contribution in [0.25, 0.3) is 5.69 Å². The number of hydrogen-bond donors (Lipinski definition) is 1. The van der Waals surface area contributed by atoms with Gasteiger partial charge in [0.25, 0.3) is 0 Å². The predicted octanol–water partition coefficient (Wildman–Crippen LogP) is 3.32. The summed E-state index contributed by atoms with van der Waals surface area (Å²) in [5, 5.41) is 4.16. The predicted molar refractivity (Wildman–Crippen MR) is 148 cm³/mol. The molecule has 9 nitrogen and oxygen atoms in total. The molecule has 3 aromatic carbocycles. The van der Waals surface area contributed by atoms with Gasteiger partial charge in [0.15, 0.2) is 0 Å². The molecule has 0 spiro atoms. The first-order valence-electron chi connectivity index (χ1n) is 12.5. The first-order chi connectivity index (χ1) is 19.2. The highest BCUT2D eigenvalue weighted by molar-refractivity contribution is 7.88. The molecule has 0 amide bonds. The van der Waals surface area contributed by atoms with E-state index in [9.17, 15) is 22.0 Å². The van der Waals surface area contributed by atoms with Crippen LogP contribution in [0.1, 0.15) is 11.1 Å². The molecule has 0 aliphatic carbocycles. The molecule has 40 heavy (non-hydrogen) atoms. The summed E-state index contributed by atoms with van der Waals surface area (Å²) in [6.07, 6.45) is 1.39. The second-order valence-corrected chi connectivity index (χ2v) is 11.3. The molecule has 5 rings (SSSR count). The second-order valence-electron chi connectivity index (χ2n) is 9.36. The van der Waals surface area contributed by atoms with Crippen LogP contribution >= 0.6 is 0 Å². The Morgan fingerprint density at radius 2 is 1.52 bits per heavy atom. The maximum Gasteiger partial charge on any atom is 0.316 e. The van der Waals surface area contributed by atoms with Crippen LogP contribution in [0, 0.1) is 11.6 Å². The Hall–Kier alpha value is -4.29. The summed E-state index contributed by atoms with van der Waals surface area (Å²) in [4.78, 5) is 15.3. The van der Waals surface area contributed by atoms with Crippen LogP contribution in [0.4, 0.5) is 20.2 Å². The molecule has 1 aliphatic rings. The molecule has 0 bridgehead atoms. The number of nitrogens with two attached hydrogens (primary N) is 1. The Kier molecular flexibility index (Phi) is 7.81. The summed E-state index contributed by atoms with van der Waals surface area (Å²) in [6, 6.07) is 18.6. The molecule has 1 fully saturated rings. The van der Waals surface area contributed by atoms with E-state index < -0.39 is 27.2 Å². The van der Waals surface area contributed by atoms with Crippen LogP contribution in [0.15, 0.2) is 83.8 Å². The van der Waals surface area contributed by atoms with Crippen molar-refractivity contribution in [3.63, 3.8) is 0 Å². The molecule has 1 saturated heterocycles.